The molecule has 1 saturated carbocycles. The molecule has 3 heteroatoms. The first-order valence-electron chi connectivity index (χ1n) is 10.6. The van der Waals surface area contributed by atoms with Gasteiger partial charge in [-0.3, -0.25) is 9.59 Å². The first-order chi connectivity index (χ1) is 15.0. The third-order valence-corrected chi connectivity index (χ3v) is 7.02. The fraction of sp³-hybridized carbons (Fsp3) is 0.214. The van der Waals surface area contributed by atoms with Crippen molar-refractivity contribution in [1.82, 2.24) is 0 Å². The molecule has 0 amide bonds. The van der Waals surface area contributed by atoms with Crippen molar-refractivity contribution in [3.63, 3.8) is 0 Å². The second-order valence-electron chi connectivity index (χ2n) is 8.61. The molecule has 0 N–H and O–H groups in total. The Morgan fingerprint density at radius 2 is 1.29 bits per heavy atom. The molecule has 0 heterocycles. The Labute approximate surface area is 182 Å². The summed E-state index contributed by atoms with van der Waals surface area (Å²) in [5.41, 5.74) is 2.46. The summed E-state index contributed by atoms with van der Waals surface area (Å²) in [6.07, 6.45) is 0.575. The first kappa shape index (κ1) is 19.5. The van der Waals surface area contributed by atoms with Gasteiger partial charge in [-0.25, -0.2) is 0 Å². The van der Waals surface area contributed by atoms with Crippen molar-refractivity contribution in [1.29, 1.82) is 0 Å². The van der Waals surface area contributed by atoms with Gasteiger partial charge >= 0.3 is 5.97 Å². The number of hydrogen-bond donors (Lipinski definition) is 0. The van der Waals surface area contributed by atoms with Gasteiger partial charge in [0.1, 0.15) is 0 Å². The van der Waals surface area contributed by atoms with E-state index >= 15 is 0 Å². The molecule has 0 aliphatic heterocycles. The largest absolute Gasteiger partial charge is 0.468 e. The lowest BCUT2D eigenvalue weighted by molar-refractivity contribution is -0.153. The molecule has 0 aromatic heterocycles. The maximum absolute atomic E-state index is 14.2. The van der Waals surface area contributed by atoms with E-state index in [1.165, 1.54) is 7.11 Å². The number of allylic oxidation sites excluding steroid dienone is 1. The molecule has 0 spiro atoms. The minimum absolute atomic E-state index is 0.0570. The van der Waals surface area contributed by atoms with Crippen LogP contribution in [0.25, 0.3) is 11.1 Å². The van der Waals surface area contributed by atoms with Gasteiger partial charge in [0.05, 0.1) is 12.5 Å². The molecule has 31 heavy (non-hydrogen) atoms. The number of ketones is 1. The van der Waals surface area contributed by atoms with E-state index in [9.17, 15) is 9.59 Å². The summed E-state index contributed by atoms with van der Waals surface area (Å²) in [6.45, 7) is 1.99. The summed E-state index contributed by atoms with van der Waals surface area (Å²) in [6, 6.07) is 29.7. The molecule has 154 valence electrons. The molecule has 0 radical (unpaired) electrons. The van der Waals surface area contributed by atoms with Crippen molar-refractivity contribution >= 4 is 22.9 Å². The van der Waals surface area contributed by atoms with E-state index in [2.05, 4.69) is 0 Å². The highest BCUT2D eigenvalue weighted by atomic mass is 16.5. The zero-order chi connectivity index (χ0) is 21.6. The van der Waals surface area contributed by atoms with Gasteiger partial charge in [-0.15, -0.1) is 0 Å². The lowest BCUT2D eigenvalue weighted by atomic mass is 9.64. The number of ether oxygens (including phenoxy) is 1. The normalized spacial score (nSPS) is 26.9. The highest BCUT2D eigenvalue weighted by molar-refractivity contribution is 6.32. The number of esters is 1. The van der Waals surface area contributed by atoms with Gasteiger partial charge in [-0.2, -0.15) is 0 Å². The molecule has 1 fully saturated rings. The van der Waals surface area contributed by atoms with Gasteiger partial charge < -0.3 is 4.74 Å². The van der Waals surface area contributed by atoms with Crippen LogP contribution in [0.4, 0.5) is 0 Å². The van der Waals surface area contributed by atoms with Gasteiger partial charge in [0.15, 0.2) is 11.2 Å². The molecule has 3 aromatic rings. The fourth-order valence-corrected chi connectivity index (χ4v) is 5.82. The number of carbonyl (C=O) groups excluding carboxylic acids is 2. The predicted molar refractivity (Wildman–Crippen MR) is 121 cm³/mol. The van der Waals surface area contributed by atoms with Crippen LogP contribution in [-0.4, -0.2) is 18.9 Å². The number of rotatable bonds is 4. The topological polar surface area (TPSA) is 43.4 Å². The van der Waals surface area contributed by atoms with Crippen molar-refractivity contribution in [2.24, 2.45) is 10.8 Å². The Morgan fingerprint density at radius 3 is 1.81 bits per heavy atom. The monoisotopic (exact) mass is 408 g/mol. The molecule has 2 aliphatic carbocycles. The number of fused-ring (bicyclic) bond motifs is 2. The zero-order valence-electron chi connectivity index (χ0n) is 17.7. The van der Waals surface area contributed by atoms with E-state index in [1.54, 1.807) is 0 Å². The molecule has 3 aromatic carbocycles. The maximum Gasteiger partial charge on any atom is 0.324 e. The highest BCUT2D eigenvalue weighted by Crippen LogP contribution is 2.72. The van der Waals surface area contributed by atoms with Crippen LogP contribution in [-0.2, 0) is 14.3 Å². The summed E-state index contributed by atoms with van der Waals surface area (Å²) < 4.78 is 5.36. The molecular formula is C28H24O3. The zero-order valence-corrected chi connectivity index (χ0v) is 17.7. The van der Waals surface area contributed by atoms with E-state index in [4.69, 9.17) is 4.74 Å². The van der Waals surface area contributed by atoms with Crippen LogP contribution in [0.15, 0.2) is 91.0 Å². The lowest BCUT2D eigenvalue weighted by Crippen LogP contribution is -2.41. The van der Waals surface area contributed by atoms with Crippen LogP contribution in [0.2, 0.25) is 0 Å². The minimum Gasteiger partial charge on any atom is -0.468 e. The Balaban J connectivity index is 1.90. The first-order valence-corrected chi connectivity index (χ1v) is 10.6. The van der Waals surface area contributed by atoms with Crippen LogP contribution in [0, 0.1) is 10.8 Å². The number of hydrogen-bond acceptors (Lipinski definition) is 3. The Morgan fingerprint density at radius 1 is 0.806 bits per heavy atom. The van der Waals surface area contributed by atoms with E-state index in [1.807, 2.05) is 97.9 Å². The standard InChI is InChI=1S/C28H24O3/c1-27-18-22(19-12-6-3-7-13-19)28(25(27)29,26(30)31-2)24(21-16-10-5-11-17-21)23(27)20-14-8-4-9-15-20/h3-17,22H,18H2,1-2H3/t22-,27+,28+/m0/s1. The molecule has 0 saturated heterocycles. The van der Waals surface area contributed by atoms with E-state index in [0.717, 1.165) is 27.8 Å². The van der Waals surface area contributed by atoms with Gasteiger partial charge in [0.2, 0.25) is 0 Å². The van der Waals surface area contributed by atoms with Crippen LogP contribution in [0.5, 0.6) is 0 Å². The molecule has 0 unspecified atom stereocenters. The molecule has 5 rings (SSSR count). The molecular weight excluding hydrogens is 384 g/mol. The second kappa shape index (κ2) is 7.05. The van der Waals surface area contributed by atoms with Crippen molar-refractivity contribution in [2.45, 2.75) is 19.3 Å². The minimum atomic E-state index is -1.36. The summed E-state index contributed by atoms with van der Waals surface area (Å²) in [5, 5.41) is 0. The molecule has 2 aliphatic rings. The maximum atomic E-state index is 14.2. The number of benzene rings is 3. The van der Waals surface area contributed by atoms with E-state index in [0.29, 0.717) is 6.42 Å². The number of Topliss-reactive ketones (excluding diaryl/α,β-unsaturated/α-hetero) is 1. The SMILES string of the molecule is COC(=O)[C@]12C(=O)[C@](C)(C[C@H]1c1ccccc1)C(c1ccccc1)=C2c1ccccc1. The molecule has 3 atom stereocenters. The highest BCUT2D eigenvalue weighted by Gasteiger charge is 2.73. The summed E-state index contributed by atoms with van der Waals surface area (Å²) in [4.78, 5) is 27.8. The van der Waals surface area contributed by atoms with Crippen molar-refractivity contribution in [3.8, 4) is 0 Å². The Hall–Kier alpha value is -3.46. The van der Waals surface area contributed by atoms with Crippen LogP contribution in [0.1, 0.15) is 36.0 Å². The van der Waals surface area contributed by atoms with Crippen molar-refractivity contribution < 1.29 is 14.3 Å². The van der Waals surface area contributed by atoms with Gasteiger partial charge in [0, 0.05) is 5.92 Å². The quantitative estimate of drug-likeness (QED) is 0.421. The second-order valence-corrected chi connectivity index (χ2v) is 8.61. The van der Waals surface area contributed by atoms with Crippen LogP contribution in [0.3, 0.4) is 0 Å². The van der Waals surface area contributed by atoms with Gasteiger partial charge in [-0.1, -0.05) is 91.0 Å². The van der Waals surface area contributed by atoms with Crippen molar-refractivity contribution in [2.75, 3.05) is 7.11 Å². The van der Waals surface area contributed by atoms with E-state index < -0.39 is 16.8 Å². The third kappa shape index (κ3) is 2.53. The van der Waals surface area contributed by atoms with Gasteiger partial charge in [-0.05, 0) is 41.2 Å². The van der Waals surface area contributed by atoms with Crippen LogP contribution >= 0.6 is 0 Å². The predicted octanol–water partition coefficient (Wildman–Crippen LogP) is 5.53. The number of carbonyl (C=O) groups is 2. The molecule has 3 nitrogen and oxygen atoms in total. The lowest BCUT2D eigenvalue weighted by Gasteiger charge is -2.36. The van der Waals surface area contributed by atoms with Crippen LogP contribution < -0.4 is 0 Å². The average Bonchev–Trinajstić information content (AvgIpc) is 3.18. The van der Waals surface area contributed by atoms with Crippen molar-refractivity contribution in [3.05, 3.63) is 108 Å². The Kier molecular flexibility index (Phi) is 4.44. The smallest absolute Gasteiger partial charge is 0.324 e. The average molecular weight is 408 g/mol. The summed E-state index contributed by atoms with van der Waals surface area (Å²) >= 11 is 0. The molecule has 2 bridgehead atoms. The van der Waals surface area contributed by atoms with Gasteiger partial charge in [0.25, 0.3) is 0 Å². The third-order valence-electron chi connectivity index (χ3n) is 7.02. The Bertz CT molecular complexity index is 1180. The number of methoxy groups -OCH3 is 1. The summed E-state index contributed by atoms with van der Waals surface area (Å²) in [5.74, 6) is -0.806. The van der Waals surface area contributed by atoms with E-state index in [-0.39, 0.29) is 11.7 Å². The fourth-order valence-electron chi connectivity index (χ4n) is 5.82. The summed E-state index contributed by atoms with van der Waals surface area (Å²) in [7, 11) is 1.38.